The van der Waals surface area contributed by atoms with E-state index in [0.29, 0.717) is 0 Å². The van der Waals surface area contributed by atoms with Crippen LogP contribution in [0.1, 0.15) is 40.6 Å². The summed E-state index contributed by atoms with van der Waals surface area (Å²) in [5.41, 5.74) is -1.16. The lowest BCUT2D eigenvalue weighted by molar-refractivity contribution is -0.234. The van der Waals surface area contributed by atoms with Gasteiger partial charge in [0.25, 0.3) is 0 Å². The first-order chi connectivity index (χ1) is 20.3. The Morgan fingerprint density at radius 2 is 1.14 bits per heavy atom. The van der Waals surface area contributed by atoms with E-state index in [1.54, 1.807) is 0 Å². The van der Waals surface area contributed by atoms with Crippen molar-refractivity contribution in [3.63, 3.8) is 0 Å². The summed E-state index contributed by atoms with van der Waals surface area (Å²) in [5.74, 6) is -3.13. The van der Waals surface area contributed by atoms with Crippen LogP contribution in [-0.4, -0.2) is 135 Å². The summed E-state index contributed by atoms with van der Waals surface area (Å²) >= 11 is 0. The van der Waals surface area contributed by atoms with Crippen LogP contribution in [-0.2, 0) is 15.9 Å². The molecule has 43 heavy (non-hydrogen) atoms. The van der Waals surface area contributed by atoms with E-state index >= 15 is 0 Å². The second-order valence-electron chi connectivity index (χ2n) is 10.9. The van der Waals surface area contributed by atoms with Gasteiger partial charge in [0.1, 0.15) is 84.4 Å². The number of aromatic hydroxyl groups is 4. The Kier molecular flexibility index (Phi) is 8.64. The maximum absolute atomic E-state index is 11.6. The van der Waals surface area contributed by atoms with Crippen LogP contribution >= 0.6 is 0 Å². The molecule has 0 bridgehead atoms. The van der Waals surface area contributed by atoms with Crippen LogP contribution in [0.5, 0.6) is 28.7 Å². The number of benzene rings is 2. The summed E-state index contributed by atoms with van der Waals surface area (Å²) in [6.07, 6.45) is -21.1. The molecule has 16 heteroatoms. The lowest BCUT2D eigenvalue weighted by Gasteiger charge is -2.44. The highest BCUT2D eigenvalue weighted by Crippen LogP contribution is 2.55. The van der Waals surface area contributed by atoms with E-state index in [1.807, 2.05) is 0 Å². The maximum atomic E-state index is 11.6. The van der Waals surface area contributed by atoms with Crippen molar-refractivity contribution in [2.45, 2.75) is 79.7 Å². The molecule has 3 aliphatic heterocycles. The van der Waals surface area contributed by atoms with Gasteiger partial charge in [0.05, 0.1) is 30.4 Å². The van der Waals surface area contributed by atoms with Gasteiger partial charge in [-0.2, -0.15) is 0 Å². The average Bonchev–Trinajstić information content (AvgIpc) is 2.98. The number of aliphatic hydroxyl groups excluding tert-OH is 9. The topological polar surface area (TPSA) is 291 Å². The molecule has 12 unspecified atom stereocenters. The molecule has 2 aromatic rings. The van der Waals surface area contributed by atoms with Gasteiger partial charge in [-0.3, -0.25) is 0 Å². The third-order valence-electron chi connectivity index (χ3n) is 8.26. The molecule has 0 aliphatic carbocycles. The Morgan fingerprint density at radius 1 is 0.605 bits per heavy atom. The standard InChI is InChI=1S/C27H34O16/c28-5-12-17(34)20(37)22(39)26(41-12)14-16(33)8-4-11(32)24(7-1-2-9(30)10(31)3-7)43-25(8)15(19(14)36)27-23(40)21(38)18(35)13(6-29)42-27/h1-3,11-13,17-18,20-24,26-40H,4-6H2. The quantitative estimate of drug-likeness (QED) is 0.146. The van der Waals surface area contributed by atoms with Crippen molar-refractivity contribution < 1.29 is 80.6 Å². The fourth-order valence-corrected chi connectivity index (χ4v) is 5.86. The van der Waals surface area contributed by atoms with Gasteiger partial charge in [0, 0.05) is 12.0 Å². The van der Waals surface area contributed by atoms with E-state index in [-0.39, 0.29) is 16.9 Å². The molecule has 2 aromatic carbocycles. The Hall–Kier alpha value is -3.00. The normalized spacial score (nSPS) is 37.9. The lowest BCUT2D eigenvalue weighted by atomic mass is 9.82. The van der Waals surface area contributed by atoms with Crippen LogP contribution in [0.25, 0.3) is 0 Å². The van der Waals surface area contributed by atoms with E-state index in [0.717, 1.165) is 12.1 Å². The summed E-state index contributed by atoms with van der Waals surface area (Å²) in [5, 5.41) is 136. The second kappa shape index (κ2) is 11.8. The number of hydrogen-bond donors (Lipinski definition) is 13. The number of phenolic OH excluding ortho intramolecular Hbond substituents is 4. The first kappa shape index (κ1) is 31.4. The molecule has 0 saturated carbocycles. The first-order valence-corrected chi connectivity index (χ1v) is 13.4. The highest BCUT2D eigenvalue weighted by Gasteiger charge is 2.51. The Balaban J connectivity index is 1.71. The zero-order valence-corrected chi connectivity index (χ0v) is 22.3. The third kappa shape index (κ3) is 5.13. The molecule has 0 amide bonds. The van der Waals surface area contributed by atoms with Gasteiger partial charge >= 0.3 is 0 Å². The van der Waals surface area contributed by atoms with Gasteiger partial charge in [-0.05, 0) is 17.7 Å². The summed E-state index contributed by atoms with van der Waals surface area (Å²) in [6, 6.07) is 3.55. The molecule has 12 atom stereocenters. The Morgan fingerprint density at radius 3 is 1.65 bits per heavy atom. The molecule has 3 heterocycles. The SMILES string of the molecule is OCC1OC(c2c(O)c3c(c(C4OC(CO)C(O)C(O)C4O)c2O)OC(c2ccc(O)c(O)c2)C(O)C3)C(O)C(O)C1O. The summed E-state index contributed by atoms with van der Waals surface area (Å²) in [4.78, 5) is 0. The van der Waals surface area contributed by atoms with Gasteiger partial charge in [-0.25, -0.2) is 0 Å². The first-order valence-electron chi connectivity index (χ1n) is 13.4. The minimum absolute atomic E-state index is 0.144. The monoisotopic (exact) mass is 614 g/mol. The molecular formula is C27H34O16. The molecule has 238 valence electrons. The highest BCUT2D eigenvalue weighted by atomic mass is 16.6. The molecular weight excluding hydrogens is 580 g/mol. The summed E-state index contributed by atoms with van der Waals surface area (Å²) < 4.78 is 17.2. The lowest BCUT2D eigenvalue weighted by Crippen LogP contribution is -2.55. The van der Waals surface area contributed by atoms with E-state index in [1.165, 1.54) is 6.07 Å². The molecule has 0 spiro atoms. The average molecular weight is 615 g/mol. The van der Waals surface area contributed by atoms with Gasteiger partial charge < -0.3 is 80.6 Å². The zero-order valence-electron chi connectivity index (χ0n) is 22.3. The Labute approximate surface area is 243 Å². The van der Waals surface area contributed by atoms with Gasteiger partial charge in [-0.1, -0.05) is 6.07 Å². The molecule has 0 aromatic heterocycles. The van der Waals surface area contributed by atoms with Crippen LogP contribution in [0.15, 0.2) is 18.2 Å². The zero-order chi connectivity index (χ0) is 31.5. The molecule has 5 rings (SSSR count). The third-order valence-corrected chi connectivity index (χ3v) is 8.26. The van der Waals surface area contributed by atoms with Crippen LogP contribution in [0, 0.1) is 0 Å². The smallest absolute Gasteiger partial charge is 0.157 e. The van der Waals surface area contributed by atoms with Crippen LogP contribution in [0.3, 0.4) is 0 Å². The van der Waals surface area contributed by atoms with E-state index in [9.17, 15) is 66.4 Å². The van der Waals surface area contributed by atoms with E-state index in [2.05, 4.69) is 0 Å². The molecule has 3 aliphatic rings. The Bertz CT molecular complexity index is 1330. The second-order valence-corrected chi connectivity index (χ2v) is 10.9. The predicted molar refractivity (Wildman–Crippen MR) is 138 cm³/mol. The van der Waals surface area contributed by atoms with Crippen LogP contribution in [0.2, 0.25) is 0 Å². The highest BCUT2D eigenvalue weighted by molar-refractivity contribution is 5.65. The number of rotatable bonds is 5. The molecule has 13 N–H and O–H groups in total. The number of phenols is 4. The van der Waals surface area contributed by atoms with Gasteiger partial charge in [0.2, 0.25) is 0 Å². The van der Waals surface area contributed by atoms with Gasteiger partial charge in [-0.15, -0.1) is 0 Å². The van der Waals surface area contributed by atoms with Crippen molar-refractivity contribution in [2.24, 2.45) is 0 Å². The summed E-state index contributed by atoms with van der Waals surface area (Å²) in [6.45, 7) is -1.67. The largest absolute Gasteiger partial charge is 0.507 e. The van der Waals surface area contributed by atoms with Gasteiger partial charge in [0.15, 0.2) is 11.5 Å². The molecule has 2 fully saturated rings. The fourth-order valence-electron chi connectivity index (χ4n) is 5.86. The van der Waals surface area contributed by atoms with Crippen molar-refractivity contribution >= 4 is 0 Å². The minimum Gasteiger partial charge on any atom is -0.507 e. The minimum atomic E-state index is -1.99. The van der Waals surface area contributed by atoms with E-state index < -0.39 is 127 Å². The van der Waals surface area contributed by atoms with Crippen molar-refractivity contribution in [1.29, 1.82) is 0 Å². The van der Waals surface area contributed by atoms with Crippen molar-refractivity contribution in [1.82, 2.24) is 0 Å². The van der Waals surface area contributed by atoms with Crippen LogP contribution < -0.4 is 4.74 Å². The van der Waals surface area contributed by atoms with Crippen molar-refractivity contribution in [3.8, 4) is 28.7 Å². The predicted octanol–water partition coefficient (Wildman–Crippen LogP) is -3.42. The molecule has 2 saturated heterocycles. The van der Waals surface area contributed by atoms with Crippen molar-refractivity contribution in [3.05, 3.63) is 40.5 Å². The van der Waals surface area contributed by atoms with E-state index in [4.69, 9.17) is 14.2 Å². The fraction of sp³-hybridized carbons (Fsp3) is 0.556. The maximum Gasteiger partial charge on any atom is 0.157 e. The molecule has 16 nitrogen and oxygen atoms in total. The number of hydrogen-bond acceptors (Lipinski definition) is 16. The van der Waals surface area contributed by atoms with Crippen LogP contribution in [0.4, 0.5) is 0 Å². The molecule has 0 radical (unpaired) electrons. The van der Waals surface area contributed by atoms with Crippen molar-refractivity contribution in [2.75, 3.05) is 13.2 Å². The summed E-state index contributed by atoms with van der Waals surface area (Å²) in [7, 11) is 0. The number of ether oxygens (including phenoxy) is 3. The number of aliphatic hydroxyl groups is 9. The number of fused-ring (bicyclic) bond motifs is 1.